The molecule has 1 saturated heterocycles. The lowest BCUT2D eigenvalue weighted by molar-refractivity contribution is -0.126. The summed E-state index contributed by atoms with van der Waals surface area (Å²) >= 11 is 1.80. The quantitative estimate of drug-likeness (QED) is 0.337. The van der Waals surface area contributed by atoms with Crippen molar-refractivity contribution in [3.05, 3.63) is 71.4 Å². The summed E-state index contributed by atoms with van der Waals surface area (Å²) in [6.07, 6.45) is 2.78. The van der Waals surface area contributed by atoms with E-state index in [2.05, 4.69) is 53.3 Å². The Kier molecular flexibility index (Phi) is 9.38. The molecular formula is C29H37FN4O2S. The summed E-state index contributed by atoms with van der Waals surface area (Å²) in [4.78, 5) is 19.6. The minimum atomic E-state index is -0.207. The number of carbonyl (C=O) groups excluding carboxylic acids is 1. The molecule has 1 fully saturated rings. The second-order valence-corrected chi connectivity index (χ2v) is 11.8. The Bertz CT molecular complexity index is 1140. The lowest BCUT2D eigenvalue weighted by Crippen LogP contribution is -2.43. The van der Waals surface area contributed by atoms with Crippen LogP contribution in [0.2, 0.25) is 0 Å². The van der Waals surface area contributed by atoms with Crippen LogP contribution < -0.4 is 5.32 Å². The standard InChI is InChI=1S/C29H37FN4O2S/c1-29(2,3)24-11-9-22(10-12-24)27-32-26(36-33-27)19-34-16-4-6-23(18-34)28(35)31-15-5-17-37-20-21-7-13-25(30)14-8-21/h7-14,23H,4-6,15-20H2,1-3H3,(H,31,35). The van der Waals surface area contributed by atoms with Gasteiger partial charge in [0.15, 0.2) is 0 Å². The summed E-state index contributed by atoms with van der Waals surface area (Å²) in [5.41, 5.74) is 3.42. The van der Waals surface area contributed by atoms with Crippen LogP contribution in [-0.2, 0) is 22.5 Å². The molecule has 1 unspecified atom stereocenters. The van der Waals surface area contributed by atoms with Crippen LogP contribution in [0.5, 0.6) is 0 Å². The highest BCUT2D eigenvalue weighted by molar-refractivity contribution is 7.98. The van der Waals surface area contributed by atoms with Crippen LogP contribution in [0.3, 0.4) is 0 Å². The maximum atomic E-state index is 13.0. The van der Waals surface area contributed by atoms with Gasteiger partial charge in [-0.15, -0.1) is 0 Å². The number of amides is 1. The minimum absolute atomic E-state index is 0.0204. The highest BCUT2D eigenvalue weighted by atomic mass is 32.2. The van der Waals surface area contributed by atoms with Gasteiger partial charge < -0.3 is 9.84 Å². The predicted octanol–water partition coefficient (Wildman–Crippen LogP) is 5.82. The summed E-state index contributed by atoms with van der Waals surface area (Å²) in [5, 5.41) is 7.28. The SMILES string of the molecule is CC(C)(C)c1ccc(-c2noc(CN3CCCC(C(=O)NCCCSCc4ccc(F)cc4)C3)n2)cc1. The second kappa shape index (κ2) is 12.7. The average Bonchev–Trinajstić information content (AvgIpc) is 3.35. The Morgan fingerprint density at radius 3 is 2.65 bits per heavy atom. The maximum Gasteiger partial charge on any atom is 0.241 e. The number of piperidine rings is 1. The van der Waals surface area contributed by atoms with Crippen molar-refractivity contribution in [1.82, 2.24) is 20.4 Å². The largest absolute Gasteiger partial charge is 0.356 e. The molecule has 1 aliphatic rings. The monoisotopic (exact) mass is 524 g/mol. The number of benzene rings is 2. The molecule has 8 heteroatoms. The molecule has 4 rings (SSSR count). The first-order valence-electron chi connectivity index (χ1n) is 13.0. The maximum absolute atomic E-state index is 13.0. The van der Waals surface area contributed by atoms with Gasteiger partial charge in [-0.3, -0.25) is 9.69 Å². The van der Waals surface area contributed by atoms with E-state index in [1.807, 2.05) is 24.3 Å². The number of aromatic nitrogens is 2. The lowest BCUT2D eigenvalue weighted by Gasteiger charge is -2.30. The zero-order valence-corrected chi connectivity index (χ0v) is 22.8. The molecule has 1 aliphatic heterocycles. The van der Waals surface area contributed by atoms with Gasteiger partial charge in [0.1, 0.15) is 5.82 Å². The molecule has 0 bridgehead atoms. The molecule has 1 amide bonds. The molecule has 0 spiro atoms. The van der Waals surface area contributed by atoms with Crippen molar-refractivity contribution in [3.8, 4) is 11.4 Å². The van der Waals surface area contributed by atoms with Crippen LogP contribution in [0.15, 0.2) is 53.1 Å². The number of hydrogen-bond donors (Lipinski definition) is 1. The molecule has 0 aliphatic carbocycles. The van der Waals surface area contributed by atoms with Crippen molar-refractivity contribution >= 4 is 17.7 Å². The number of likely N-dealkylation sites (tertiary alicyclic amines) is 1. The van der Waals surface area contributed by atoms with Gasteiger partial charge in [0.05, 0.1) is 12.5 Å². The van der Waals surface area contributed by atoms with Crippen LogP contribution in [0, 0.1) is 11.7 Å². The Morgan fingerprint density at radius 2 is 1.92 bits per heavy atom. The van der Waals surface area contributed by atoms with E-state index in [4.69, 9.17) is 4.52 Å². The van der Waals surface area contributed by atoms with Crippen molar-refractivity contribution in [2.75, 3.05) is 25.4 Å². The molecule has 1 N–H and O–H groups in total. The normalized spacial score (nSPS) is 16.6. The molecule has 1 aromatic heterocycles. The van der Waals surface area contributed by atoms with Gasteiger partial charge in [-0.2, -0.15) is 16.7 Å². The fourth-order valence-corrected chi connectivity index (χ4v) is 5.38. The van der Waals surface area contributed by atoms with Gasteiger partial charge in [0, 0.05) is 24.4 Å². The van der Waals surface area contributed by atoms with Crippen LogP contribution in [0.4, 0.5) is 4.39 Å². The van der Waals surface area contributed by atoms with Gasteiger partial charge in [-0.05, 0) is 60.2 Å². The van der Waals surface area contributed by atoms with Crippen molar-refractivity contribution in [2.24, 2.45) is 5.92 Å². The van der Waals surface area contributed by atoms with E-state index in [-0.39, 0.29) is 23.1 Å². The summed E-state index contributed by atoms with van der Waals surface area (Å²) in [6, 6.07) is 14.9. The van der Waals surface area contributed by atoms with E-state index in [0.29, 0.717) is 31.3 Å². The predicted molar refractivity (Wildman–Crippen MR) is 147 cm³/mol. The van der Waals surface area contributed by atoms with E-state index >= 15 is 0 Å². The smallest absolute Gasteiger partial charge is 0.241 e. The fourth-order valence-electron chi connectivity index (χ4n) is 4.46. The number of nitrogens with zero attached hydrogens (tertiary/aromatic N) is 3. The molecule has 198 valence electrons. The third kappa shape index (κ3) is 8.14. The summed E-state index contributed by atoms with van der Waals surface area (Å²) in [6.45, 7) is 9.42. The molecule has 2 heterocycles. The van der Waals surface area contributed by atoms with Gasteiger partial charge in [0.2, 0.25) is 17.6 Å². The fraction of sp³-hybridized carbons (Fsp3) is 0.483. The first kappa shape index (κ1) is 27.3. The van der Waals surface area contributed by atoms with Crippen molar-refractivity contribution < 1.29 is 13.7 Å². The molecule has 0 radical (unpaired) electrons. The molecule has 6 nitrogen and oxygen atoms in total. The highest BCUT2D eigenvalue weighted by Crippen LogP contribution is 2.25. The number of thioether (sulfide) groups is 1. The number of carbonyl (C=O) groups is 1. The van der Waals surface area contributed by atoms with E-state index in [0.717, 1.165) is 48.4 Å². The lowest BCUT2D eigenvalue weighted by atomic mass is 9.87. The number of rotatable bonds is 10. The van der Waals surface area contributed by atoms with Crippen molar-refractivity contribution in [2.45, 2.75) is 57.7 Å². The topological polar surface area (TPSA) is 71.3 Å². The number of hydrogen-bond acceptors (Lipinski definition) is 6. The van der Waals surface area contributed by atoms with Gasteiger partial charge in [-0.25, -0.2) is 4.39 Å². The van der Waals surface area contributed by atoms with Crippen LogP contribution >= 0.6 is 11.8 Å². The number of halogens is 1. The van der Waals surface area contributed by atoms with Crippen LogP contribution in [0.1, 0.15) is 57.1 Å². The second-order valence-electron chi connectivity index (χ2n) is 10.7. The molecule has 37 heavy (non-hydrogen) atoms. The Morgan fingerprint density at radius 1 is 1.16 bits per heavy atom. The zero-order valence-electron chi connectivity index (χ0n) is 22.0. The van der Waals surface area contributed by atoms with E-state index in [9.17, 15) is 9.18 Å². The Labute approximate surface area is 223 Å². The molecule has 1 atom stereocenters. The van der Waals surface area contributed by atoms with E-state index in [1.54, 1.807) is 11.8 Å². The van der Waals surface area contributed by atoms with Crippen LogP contribution in [0.25, 0.3) is 11.4 Å². The van der Waals surface area contributed by atoms with Gasteiger partial charge in [-0.1, -0.05) is 62.3 Å². The first-order valence-corrected chi connectivity index (χ1v) is 14.2. The highest BCUT2D eigenvalue weighted by Gasteiger charge is 2.26. The number of nitrogens with one attached hydrogen (secondary N) is 1. The van der Waals surface area contributed by atoms with E-state index in [1.165, 1.54) is 17.7 Å². The third-order valence-electron chi connectivity index (χ3n) is 6.66. The summed E-state index contributed by atoms with van der Waals surface area (Å²) < 4.78 is 18.5. The van der Waals surface area contributed by atoms with Crippen LogP contribution in [-0.4, -0.2) is 46.3 Å². The molecule has 2 aromatic carbocycles. The first-order chi connectivity index (χ1) is 17.8. The van der Waals surface area contributed by atoms with Gasteiger partial charge >= 0.3 is 0 Å². The molecule has 3 aromatic rings. The third-order valence-corrected chi connectivity index (χ3v) is 7.77. The summed E-state index contributed by atoms with van der Waals surface area (Å²) in [7, 11) is 0. The Balaban J connectivity index is 1.18. The average molecular weight is 525 g/mol. The van der Waals surface area contributed by atoms with E-state index < -0.39 is 0 Å². The van der Waals surface area contributed by atoms with Gasteiger partial charge in [0.25, 0.3) is 0 Å². The minimum Gasteiger partial charge on any atom is -0.356 e. The summed E-state index contributed by atoms with van der Waals surface area (Å²) in [5.74, 6) is 2.87. The molecular weight excluding hydrogens is 487 g/mol. The van der Waals surface area contributed by atoms with Crippen molar-refractivity contribution in [1.29, 1.82) is 0 Å². The molecule has 0 saturated carbocycles. The zero-order chi connectivity index (χ0) is 26.3. The Hall–Kier alpha value is -2.71. The van der Waals surface area contributed by atoms with Crippen molar-refractivity contribution in [3.63, 3.8) is 0 Å².